The third-order valence-electron chi connectivity index (χ3n) is 4.26. The molecule has 0 amide bonds. The normalized spacial score (nSPS) is 11.1. The average Bonchev–Trinajstić information content (AvgIpc) is 3.04. The maximum absolute atomic E-state index is 14.1. The maximum atomic E-state index is 14.1. The van der Waals surface area contributed by atoms with Crippen molar-refractivity contribution in [3.8, 4) is 28.1 Å². The van der Waals surface area contributed by atoms with Gasteiger partial charge >= 0.3 is 0 Å². The van der Waals surface area contributed by atoms with Gasteiger partial charge in [-0.05, 0) is 48.4 Å². The lowest BCUT2D eigenvalue weighted by atomic mass is 10.1. The van der Waals surface area contributed by atoms with E-state index in [1.165, 1.54) is 25.3 Å². The summed E-state index contributed by atoms with van der Waals surface area (Å²) in [5, 5.41) is 4.32. The molecule has 0 spiro atoms. The molecule has 2 aromatic heterocycles. The molecular weight excluding hydrogens is 336 g/mol. The molecule has 0 unspecified atom stereocenters. The van der Waals surface area contributed by atoms with Gasteiger partial charge in [-0.1, -0.05) is 12.1 Å². The average molecular weight is 351 g/mol. The van der Waals surface area contributed by atoms with Gasteiger partial charge in [-0.2, -0.15) is 5.10 Å². The van der Waals surface area contributed by atoms with Gasteiger partial charge in [0.2, 0.25) is 0 Å². The Kier molecular flexibility index (Phi) is 3.88. The number of aryl methyl sites for hydroxylation is 1. The second kappa shape index (κ2) is 6.22. The van der Waals surface area contributed by atoms with Crippen molar-refractivity contribution in [3.05, 3.63) is 72.1 Å². The van der Waals surface area contributed by atoms with E-state index in [1.54, 1.807) is 35.0 Å². The van der Waals surface area contributed by atoms with Crippen LogP contribution in [0.1, 0.15) is 5.56 Å². The molecule has 6 heteroatoms. The Bertz CT molecular complexity index is 1100. The quantitative estimate of drug-likeness (QED) is 0.539. The first kappa shape index (κ1) is 16.2. The molecule has 0 saturated carbocycles. The Balaban J connectivity index is 1.88. The number of hydrogen-bond acceptors (Lipinski definition) is 3. The van der Waals surface area contributed by atoms with Gasteiger partial charge in [0.15, 0.2) is 17.2 Å². The molecule has 0 radical (unpaired) electrons. The predicted octanol–water partition coefficient (Wildman–Crippen LogP) is 4.66. The second-order valence-electron chi connectivity index (χ2n) is 5.96. The maximum Gasteiger partial charge on any atom is 0.165 e. The molecule has 130 valence electrons. The van der Waals surface area contributed by atoms with Gasteiger partial charge in [-0.15, -0.1) is 0 Å². The molecule has 4 aromatic rings. The van der Waals surface area contributed by atoms with Gasteiger partial charge in [0.1, 0.15) is 5.82 Å². The predicted molar refractivity (Wildman–Crippen MR) is 95.1 cm³/mol. The third-order valence-corrected chi connectivity index (χ3v) is 4.26. The molecule has 4 nitrogen and oxygen atoms in total. The lowest BCUT2D eigenvalue weighted by Crippen LogP contribution is -1.97. The molecule has 4 rings (SSSR count). The van der Waals surface area contributed by atoms with Crippen LogP contribution in [0, 0.1) is 18.6 Å². The van der Waals surface area contributed by atoms with E-state index < -0.39 is 5.82 Å². The van der Waals surface area contributed by atoms with Crippen LogP contribution in [0.5, 0.6) is 5.75 Å². The van der Waals surface area contributed by atoms with E-state index in [0.717, 1.165) is 16.7 Å². The summed E-state index contributed by atoms with van der Waals surface area (Å²) in [7, 11) is 1.43. The summed E-state index contributed by atoms with van der Waals surface area (Å²) < 4.78 is 33.9. The number of methoxy groups -OCH3 is 1. The Morgan fingerprint density at radius 3 is 2.42 bits per heavy atom. The number of benzene rings is 2. The van der Waals surface area contributed by atoms with Gasteiger partial charge in [0.05, 0.1) is 19.0 Å². The van der Waals surface area contributed by atoms with Crippen LogP contribution in [0.4, 0.5) is 8.78 Å². The SMILES string of the molecule is COc1ccc(-c2nc3c(-c4ccc(F)cc4)cnn3cc2C)cc1F. The highest BCUT2D eigenvalue weighted by Crippen LogP contribution is 2.30. The monoisotopic (exact) mass is 351 g/mol. The van der Waals surface area contributed by atoms with E-state index in [2.05, 4.69) is 5.10 Å². The zero-order valence-electron chi connectivity index (χ0n) is 14.2. The van der Waals surface area contributed by atoms with E-state index >= 15 is 0 Å². The van der Waals surface area contributed by atoms with Gasteiger partial charge in [-0.3, -0.25) is 0 Å². The number of ether oxygens (including phenoxy) is 1. The fraction of sp³-hybridized carbons (Fsp3) is 0.100. The number of fused-ring (bicyclic) bond motifs is 1. The minimum Gasteiger partial charge on any atom is -0.494 e. The van der Waals surface area contributed by atoms with Crippen molar-refractivity contribution in [2.24, 2.45) is 0 Å². The van der Waals surface area contributed by atoms with Crippen molar-refractivity contribution in [2.45, 2.75) is 6.92 Å². The van der Waals surface area contributed by atoms with Gasteiger partial charge < -0.3 is 4.74 Å². The Morgan fingerprint density at radius 2 is 1.73 bits per heavy atom. The van der Waals surface area contributed by atoms with Crippen LogP contribution in [0.25, 0.3) is 28.0 Å². The first-order valence-corrected chi connectivity index (χ1v) is 8.01. The highest BCUT2D eigenvalue weighted by Gasteiger charge is 2.14. The van der Waals surface area contributed by atoms with E-state index in [0.29, 0.717) is 16.9 Å². The summed E-state index contributed by atoms with van der Waals surface area (Å²) >= 11 is 0. The van der Waals surface area contributed by atoms with E-state index in [4.69, 9.17) is 9.72 Å². The minimum absolute atomic E-state index is 0.184. The lowest BCUT2D eigenvalue weighted by molar-refractivity contribution is 0.386. The highest BCUT2D eigenvalue weighted by atomic mass is 19.1. The third kappa shape index (κ3) is 2.69. The van der Waals surface area contributed by atoms with Crippen LogP contribution in [-0.4, -0.2) is 21.7 Å². The minimum atomic E-state index is -0.446. The Labute approximate surface area is 148 Å². The first-order valence-electron chi connectivity index (χ1n) is 8.01. The molecule has 0 atom stereocenters. The highest BCUT2D eigenvalue weighted by molar-refractivity contribution is 5.79. The molecule has 0 aliphatic rings. The number of halogens is 2. The zero-order valence-corrected chi connectivity index (χ0v) is 14.2. The summed E-state index contributed by atoms with van der Waals surface area (Å²) in [4.78, 5) is 4.70. The smallest absolute Gasteiger partial charge is 0.165 e. The van der Waals surface area contributed by atoms with Crippen molar-refractivity contribution in [1.82, 2.24) is 14.6 Å². The summed E-state index contributed by atoms with van der Waals surface area (Å²) in [5.74, 6) is -0.564. The molecule has 0 bridgehead atoms. The molecular formula is C20H15F2N3O. The van der Waals surface area contributed by atoms with Crippen molar-refractivity contribution in [1.29, 1.82) is 0 Å². The van der Waals surface area contributed by atoms with Crippen LogP contribution in [0.3, 0.4) is 0 Å². The van der Waals surface area contributed by atoms with Crippen LogP contribution in [0.15, 0.2) is 54.9 Å². The van der Waals surface area contributed by atoms with Crippen LogP contribution < -0.4 is 4.74 Å². The number of rotatable bonds is 3. The van der Waals surface area contributed by atoms with Crippen LogP contribution in [0.2, 0.25) is 0 Å². The van der Waals surface area contributed by atoms with E-state index in [1.807, 2.05) is 13.1 Å². The van der Waals surface area contributed by atoms with Crippen molar-refractivity contribution >= 4 is 5.65 Å². The molecule has 0 aliphatic heterocycles. The largest absolute Gasteiger partial charge is 0.494 e. The summed E-state index contributed by atoms with van der Waals surface area (Å²) in [5.41, 5.74) is 4.37. The van der Waals surface area contributed by atoms with E-state index in [-0.39, 0.29) is 11.6 Å². The molecule has 0 N–H and O–H groups in total. The number of aromatic nitrogens is 3. The fourth-order valence-corrected chi connectivity index (χ4v) is 2.94. The Hall–Kier alpha value is -3.28. The molecule has 0 fully saturated rings. The number of hydrogen-bond donors (Lipinski definition) is 0. The van der Waals surface area contributed by atoms with Gasteiger partial charge in [0, 0.05) is 17.3 Å². The van der Waals surface area contributed by atoms with Crippen molar-refractivity contribution in [3.63, 3.8) is 0 Å². The molecule has 2 heterocycles. The lowest BCUT2D eigenvalue weighted by Gasteiger charge is -2.09. The summed E-state index contributed by atoms with van der Waals surface area (Å²) in [6.07, 6.45) is 3.53. The molecule has 2 aromatic carbocycles. The van der Waals surface area contributed by atoms with Crippen LogP contribution in [-0.2, 0) is 0 Å². The van der Waals surface area contributed by atoms with Gasteiger partial charge in [0.25, 0.3) is 0 Å². The van der Waals surface area contributed by atoms with E-state index in [9.17, 15) is 8.78 Å². The summed E-state index contributed by atoms with van der Waals surface area (Å²) in [6, 6.07) is 10.9. The van der Waals surface area contributed by atoms with Crippen molar-refractivity contribution < 1.29 is 13.5 Å². The molecule has 0 saturated heterocycles. The standard InChI is InChI=1S/C20H15F2N3O/c1-12-11-25-20(16(10-23-25)13-3-6-15(21)7-4-13)24-19(12)14-5-8-18(26-2)17(22)9-14/h3-11H,1-2H3. The molecule has 0 aliphatic carbocycles. The first-order chi connectivity index (χ1) is 12.6. The number of nitrogens with zero attached hydrogens (tertiary/aromatic N) is 3. The Morgan fingerprint density at radius 1 is 1.00 bits per heavy atom. The second-order valence-corrected chi connectivity index (χ2v) is 5.96. The van der Waals surface area contributed by atoms with Crippen molar-refractivity contribution in [2.75, 3.05) is 7.11 Å². The zero-order chi connectivity index (χ0) is 18.3. The van der Waals surface area contributed by atoms with Crippen LogP contribution >= 0.6 is 0 Å². The van der Waals surface area contributed by atoms with Gasteiger partial charge in [-0.25, -0.2) is 18.3 Å². The molecule has 26 heavy (non-hydrogen) atoms. The fourth-order valence-electron chi connectivity index (χ4n) is 2.94. The summed E-state index contributed by atoms with van der Waals surface area (Å²) in [6.45, 7) is 1.89. The topological polar surface area (TPSA) is 39.4 Å².